The second-order valence-electron chi connectivity index (χ2n) is 6.29. The Balaban J connectivity index is 2.87. The van der Waals surface area contributed by atoms with Crippen molar-refractivity contribution in [2.45, 2.75) is 45.5 Å². The predicted molar refractivity (Wildman–Crippen MR) is 85.2 cm³/mol. The van der Waals surface area contributed by atoms with Crippen LogP contribution in [0.4, 0.5) is 13.2 Å². The van der Waals surface area contributed by atoms with Crippen molar-refractivity contribution >= 4 is 13.6 Å². The van der Waals surface area contributed by atoms with Gasteiger partial charge in [-0.15, -0.1) is 0 Å². The first kappa shape index (κ1) is 18.7. The lowest BCUT2D eigenvalue weighted by atomic mass is 10.2. The number of hydrogen-bond acceptors (Lipinski definition) is 2. The lowest BCUT2D eigenvalue weighted by Gasteiger charge is -2.16. The molecule has 0 bridgehead atoms. The second-order valence-corrected chi connectivity index (χ2v) is 11.9. The van der Waals surface area contributed by atoms with Gasteiger partial charge in [-0.1, -0.05) is 38.4 Å². The Morgan fingerprint density at radius 3 is 2.55 bits per heavy atom. The van der Waals surface area contributed by atoms with Crippen LogP contribution in [-0.4, -0.2) is 24.2 Å². The zero-order valence-electron chi connectivity index (χ0n) is 13.5. The summed E-state index contributed by atoms with van der Waals surface area (Å²) in [5, 5.41) is 0. The standard InChI is InChI=1S/C15H23F3N2OSi/c1-6-7-12(2)14-19-13(15(16,17)18)10-20(14)11-21-8-9-22(3,4)5/h6-7,10H,2,8-9,11H2,1,3-5H3. The van der Waals surface area contributed by atoms with Gasteiger partial charge in [0, 0.05) is 26.5 Å². The first-order valence-electron chi connectivity index (χ1n) is 7.08. The maximum Gasteiger partial charge on any atom is 0.434 e. The van der Waals surface area contributed by atoms with E-state index in [0.717, 1.165) is 12.2 Å². The lowest BCUT2D eigenvalue weighted by molar-refractivity contribution is -0.141. The number of ether oxygens (including phenoxy) is 1. The molecule has 0 atom stereocenters. The van der Waals surface area contributed by atoms with Crippen molar-refractivity contribution in [2.75, 3.05) is 6.61 Å². The predicted octanol–water partition coefficient (Wildman–Crippen LogP) is 4.80. The van der Waals surface area contributed by atoms with Gasteiger partial charge in [-0.05, 0) is 13.0 Å². The van der Waals surface area contributed by atoms with Crippen LogP contribution in [0, 0.1) is 0 Å². The van der Waals surface area contributed by atoms with E-state index in [1.165, 1.54) is 4.57 Å². The van der Waals surface area contributed by atoms with Gasteiger partial charge in [-0.2, -0.15) is 13.2 Å². The third-order valence-corrected chi connectivity index (χ3v) is 4.65. The van der Waals surface area contributed by atoms with Crippen molar-refractivity contribution in [2.24, 2.45) is 0 Å². The van der Waals surface area contributed by atoms with Crippen molar-refractivity contribution < 1.29 is 17.9 Å². The van der Waals surface area contributed by atoms with Gasteiger partial charge in [0.25, 0.3) is 0 Å². The molecule has 124 valence electrons. The maximum absolute atomic E-state index is 12.8. The Hall–Kier alpha value is -1.34. The van der Waals surface area contributed by atoms with Crippen LogP contribution in [0.3, 0.4) is 0 Å². The van der Waals surface area contributed by atoms with Gasteiger partial charge in [-0.25, -0.2) is 4.98 Å². The molecular formula is C15H23F3N2OSi. The first-order chi connectivity index (χ1) is 10.0. The van der Waals surface area contributed by atoms with E-state index in [9.17, 15) is 13.2 Å². The molecule has 0 saturated heterocycles. The van der Waals surface area contributed by atoms with E-state index in [1.807, 2.05) is 0 Å². The number of hydrogen-bond donors (Lipinski definition) is 0. The molecule has 0 saturated carbocycles. The fourth-order valence-electron chi connectivity index (χ4n) is 1.72. The van der Waals surface area contributed by atoms with Crippen molar-refractivity contribution in [3.63, 3.8) is 0 Å². The van der Waals surface area contributed by atoms with Crippen LogP contribution in [0.5, 0.6) is 0 Å². The molecule has 0 aliphatic carbocycles. The zero-order chi connectivity index (χ0) is 17.0. The van der Waals surface area contributed by atoms with Gasteiger partial charge < -0.3 is 9.30 Å². The Morgan fingerprint density at radius 2 is 2.05 bits per heavy atom. The molecule has 0 fully saturated rings. The van der Waals surface area contributed by atoms with E-state index < -0.39 is 19.9 Å². The van der Waals surface area contributed by atoms with E-state index in [1.54, 1.807) is 19.1 Å². The monoisotopic (exact) mass is 332 g/mol. The Bertz CT molecular complexity index is 542. The molecule has 0 unspecified atom stereocenters. The molecule has 0 radical (unpaired) electrons. The van der Waals surface area contributed by atoms with Crippen LogP contribution in [0.2, 0.25) is 25.7 Å². The average Bonchev–Trinajstić information content (AvgIpc) is 2.78. The number of nitrogens with zero attached hydrogens (tertiary/aromatic N) is 2. The summed E-state index contributed by atoms with van der Waals surface area (Å²) >= 11 is 0. The van der Waals surface area contributed by atoms with Gasteiger partial charge in [-0.3, -0.25) is 0 Å². The van der Waals surface area contributed by atoms with E-state index >= 15 is 0 Å². The lowest BCUT2D eigenvalue weighted by Crippen LogP contribution is -2.22. The van der Waals surface area contributed by atoms with Gasteiger partial charge in [0.15, 0.2) is 5.69 Å². The average molecular weight is 332 g/mol. The van der Waals surface area contributed by atoms with Crippen LogP contribution in [0.1, 0.15) is 18.4 Å². The summed E-state index contributed by atoms with van der Waals surface area (Å²) in [4.78, 5) is 3.64. The largest absolute Gasteiger partial charge is 0.434 e. The second kappa shape index (κ2) is 7.28. The van der Waals surface area contributed by atoms with E-state index in [4.69, 9.17) is 4.74 Å². The smallest absolute Gasteiger partial charge is 0.361 e. The third kappa shape index (κ3) is 5.80. The molecule has 3 nitrogen and oxygen atoms in total. The Kier molecular flexibility index (Phi) is 6.19. The maximum atomic E-state index is 12.8. The molecule has 0 aromatic carbocycles. The molecule has 0 aliphatic heterocycles. The number of alkyl halides is 3. The van der Waals surface area contributed by atoms with Crippen LogP contribution < -0.4 is 0 Å². The molecule has 0 amide bonds. The molecule has 1 heterocycles. The SMILES string of the molecule is C=C(C=CC)c1nc(C(F)(F)F)cn1COCC[Si](C)(C)C. The van der Waals surface area contributed by atoms with Crippen LogP contribution in [0.25, 0.3) is 5.57 Å². The molecular weight excluding hydrogens is 309 g/mol. The highest BCUT2D eigenvalue weighted by atomic mass is 28.3. The topological polar surface area (TPSA) is 27.1 Å². The minimum atomic E-state index is -4.48. The van der Waals surface area contributed by atoms with Gasteiger partial charge >= 0.3 is 6.18 Å². The number of aromatic nitrogens is 2. The molecule has 1 rings (SSSR count). The van der Waals surface area contributed by atoms with Crippen molar-refractivity contribution in [1.29, 1.82) is 0 Å². The van der Waals surface area contributed by atoms with Crippen LogP contribution in [0.15, 0.2) is 24.9 Å². The Morgan fingerprint density at radius 1 is 1.41 bits per heavy atom. The first-order valence-corrected chi connectivity index (χ1v) is 10.8. The van der Waals surface area contributed by atoms with E-state index in [0.29, 0.717) is 12.2 Å². The molecule has 0 spiro atoms. The highest BCUT2D eigenvalue weighted by Crippen LogP contribution is 2.29. The summed E-state index contributed by atoms with van der Waals surface area (Å²) in [5.41, 5.74) is -0.506. The molecule has 0 aliphatic rings. The summed E-state index contributed by atoms with van der Waals surface area (Å²) < 4.78 is 45.3. The number of allylic oxidation sites excluding steroid dienone is 3. The van der Waals surface area contributed by atoms with Crippen LogP contribution >= 0.6 is 0 Å². The number of imidazole rings is 1. The molecule has 1 aromatic rings. The summed E-state index contributed by atoms with van der Waals surface area (Å²) in [7, 11) is -1.23. The van der Waals surface area contributed by atoms with Gasteiger partial charge in [0.2, 0.25) is 0 Å². The number of rotatable bonds is 7. The minimum Gasteiger partial charge on any atom is -0.361 e. The third-order valence-electron chi connectivity index (χ3n) is 2.95. The van der Waals surface area contributed by atoms with E-state index in [2.05, 4.69) is 31.2 Å². The van der Waals surface area contributed by atoms with Crippen molar-refractivity contribution in [3.05, 3.63) is 36.4 Å². The molecule has 1 aromatic heterocycles. The van der Waals surface area contributed by atoms with E-state index in [-0.39, 0.29) is 12.6 Å². The van der Waals surface area contributed by atoms with Gasteiger partial charge in [0.1, 0.15) is 12.6 Å². The summed E-state index contributed by atoms with van der Waals surface area (Å²) in [6.45, 7) is 12.7. The summed E-state index contributed by atoms with van der Waals surface area (Å²) in [6, 6.07) is 0.957. The van der Waals surface area contributed by atoms with Crippen molar-refractivity contribution in [3.8, 4) is 0 Å². The molecule has 7 heteroatoms. The zero-order valence-corrected chi connectivity index (χ0v) is 14.5. The highest BCUT2D eigenvalue weighted by Gasteiger charge is 2.35. The minimum absolute atomic E-state index is 0.0411. The highest BCUT2D eigenvalue weighted by molar-refractivity contribution is 6.76. The number of halogens is 3. The Labute approximate surface area is 130 Å². The van der Waals surface area contributed by atoms with Crippen molar-refractivity contribution in [1.82, 2.24) is 9.55 Å². The summed E-state index contributed by atoms with van der Waals surface area (Å²) in [5.74, 6) is 0.179. The molecule has 0 N–H and O–H groups in total. The normalized spacial score (nSPS) is 13.0. The fraction of sp³-hybridized carbons (Fsp3) is 0.533. The van der Waals surface area contributed by atoms with Gasteiger partial charge in [0.05, 0.1) is 0 Å². The van der Waals surface area contributed by atoms with Crippen LogP contribution in [-0.2, 0) is 17.6 Å². The quantitative estimate of drug-likeness (QED) is 0.407. The fourth-order valence-corrected chi connectivity index (χ4v) is 2.48. The molecule has 22 heavy (non-hydrogen) atoms. The summed E-state index contributed by atoms with van der Waals surface area (Å²) in [6.07, 6.45) is -0.172.